The van der Waals surface area contributed by atoms with Crippen molar-refractivity contribution < 1.29 is 4.74 Å². The van der Waals surface area contributed by atoms with Crippen molar-refractivity contribution in [1.82, 2.24) is 5.32 Å². The molecule has 2 nitrogen and oxygen atoms in total. The third-order valence-corrected chi connectivity index (χ3v) is 4.32. The van der Waals surface area contributed by atoms with E-state index in [0.717, 1.165) is 6.54 Å². The van der Waals surface area contributed by atoms with Crippen molar-refractivity contribution in [3.05, 3.63) is 35.9 Å². The molecule has 3 unspecified atom stereocenters. The maximum absolute atomic E-state index is 6.20. The molecule has 3 rings (SSSR count). The van der Waals surface area contributed by atoms with Gasteiger partial charge in [0.1, 0.15) is 0 Å². The molecule has 1 aromatic carbocycles. The average Bonchev–Trinajstić information content (AvgIpc) is 2.38. The van der Waals surface area contributed by atoms with Crippen molar-refractivity contribution in [2.24, 2.45) is 0 Å². The third-order valence-electron chi connectivity index (χ3n) is 4.32. The lowest BCUT2D eigenvalue weighted by atomic mass is 9.78. The molecule has 1 N–H and O–H groups in total. The van der Waals surface area contributed by atoms with Crippen LogP contribution in [0.25, 0.3) is 0 Å². The highest BCUT2D eigenvalue weighted by molar-refractivity contribution is 5.21. The normalized spacial score (nSPS) is 34.9. The summed E-state index contributed by atoms with van der Waals surface area (Å²) < 4.78 is 6.20. The minimum Gasteiger partial charge on any atom is -0.369 e. The topological polar surface area (TPSA) is 21.3 Å². The minimum absolute atomic E-state index is 0.000744. The first-order valence-electron chi connectivity index (χ1n) is 7.10. The van der Waals surface area contributed by atoms with Crippen LogP contribution in [0.4, 0.5) is 0 Å². The molecule has 18 heavy (non-hydrogen) atoms. The fourth-order valence-electron chi connectivity index (χ4n) is 3.35. The number of benzene rings is 1. The van der Waals surface area contributed by atoms with E-state index in [1.807, 2.05) is 0 Å². The minimum atomic E-state index is 0.000744. The van der Waals surface area contributed by atoms with Crippen LogP contribution in [-0.2, 0) is 4.74 Å². The number of morpholine rings is 1. The molecule has 0 spiro atoms. The summed E-state index contributed by atoms with van der Waals surface area (Å²) in [4.78, 5) is 0. The van der Waals surface area contributed by atoms with Crippen molar-refractivity contribution in [3.8, 4) is 0 Å². The Morgan fingerprint density at radius 3 is 2.72 bits per heavy atom. The summed E-state index contributed by atoms with van der Waals surface area (Å²) in [5, 5.41) is 3.69. The van der Waals surface area contributed by atoms with E-state index in [9.17, 15) is 0 Å². The van der Waals surface area contributed by atoms with Crippen LogP contribution < -0.4 is 5.32 Å². The second-order valence-electron chi connectivity index (χ2n) is 6.32. The zero-order chi connectivity index (χ0) is 12.6. The highest BCUT2D eigenvalue weighted by atomic mass is 16.5. The predicted molar refractivity (Wildman–Crippen MR) is 73.8 cm³/mol. The van der Waals surface area contributed by atoms with Crippen LogP contribution in [0.2, 0.25) is 0 Å². The Morgan fingerprint density at radius 2 is 1.94 bits per heavy atom. The van der Waals surface area contributed by atoms with Gasteiger partial charge in [-0.1, -0.05) is 30.3 Å². The highest BCUT2D eigenvalue weighted by Gasteiger charge is 2.39. The van der Waals surface area contributed by atoms with Gasteiger partial charge < -0.3 is 10.1 Å². The van der Waals surface area contributed by atoms with Gasteiger partial charge in [-0.05, 0) is 44.6 Å². The highest BCUT2D eigenvalue weighted by Crippen LogP contribution is 2.37. The summed E-state index contributed by atoms with van der Waals surface area (Å²) in [7, 11) is 0. The molecule has 2 fully saturated rings. The maximum atomic E-state index is 6.20. The number of hydrogen-bond acceptors (Lipinski definition) is 2. The smallest absolute Gasteiger partial charge is 0.0755 e. The standard InChI is InChI=1S/C16H23NO/c1-16(2)11-17-14-10-13(8-9-15(14)18-16)12-6-4-3-5-7-12/h3-7,13-15,17H,8-11H2,1-2H3. The zero-order valence-corrected chi connectivity index (χ0v) is 11.4. The SMILES string of the molecule is CC1(C)CNC2CC(c3ccccc3)CCC2O1. The van der Waals surface area contributed by atoms with E-state index in [4.69, 9.17) is 4.74 Å². The zero-order valence-electron chi connectivity index (χ0n) is 11.4. The lowest BCUT2D eigenvalue weighted by Gasteiger charge is -2.46. The third kappa shape index (κ3) is 2.45. The van der Waals surface area contributed by atoms with E-state index in [2.05, 4.69) is 49.5 Å². The van der Waals surface area contributed by atoms with Gasteiger partial charge in [-0.3, -0.25) is 0 Å². The Kier molecular flexibility index (Phi) is 3.16. The molecule has 2 aliphatic rings. The van der Waals surface area contributed by atoms with Crippen LogP contribution in [0.5, 0.6) is 0 Å². The lowest BCUT2D eigenvalue weighted by molar-refractivity contribution is -0.128. The number of hydrogen-bond donors (Lipinski definition) is 1. The molecule has 0 radical (unpaired) electrons. The van der Waals surface area contributed by atoms with Gasteiger partial charge in [0.25, 0.3) is 0 Å². The Balaban J connectivity index is 1.69. The second-order valence-corrected chi connectivity index (χ2v) is 6.32. The Hall–Kier alpha value is -0.860. The van der Waals surface area contributed by atoms with Crippen LogP contribution in [0.15, 0.2) is 30.3 Å². The van der Waals surface area contributed by atoms with Crippen molar-refractivity contribution in [1.29, 1.82) is 0 Å². The van der Waals surface area contributed by atoms with Gasteiger partial charge in [0.15, 0.2) is 0 Å². The summed E-state index contributed by atoms with van der Waals surface area (Å²) in [6.45, 7) is 5.33. The monoisotopic (exact) mass is 245 g/mol. The predicted octanol–water partition coefficient (Wildman–Crippen LogP) is 3.09. The molecule has 2 heteroatoms. The van der Waals surface area contributed by atoms with Crippen LogP contribution in [0, 0.1) is 0 Å². The fourth-order valence-corrected chi connectivity index (χ4v) is 3.35. The summed E-state index contributed by atoms with van der Waals surface area (Å²) in [5.41, 5.74) is 1.49. The summed E-state index contributed by atoms with van der Waals surface area (Å²) in [6, 6.07) is 11.5. The van der Waals surface area contributed by atoms with Gasteiger partial charge >= 0.3 is 0 Å². The quantitative estimate of drug-likeness (QED) is 0.821. The van der Waals surface area contributed by atoms with Gasteiger partial charge in [-0.25, -0.2) is 0 Å². The lowest BCUT2D eigenvalue weighted by Crippen LogP contribution is -2.58. The Morgan fingerprint density at radius 1 is 1.17 bits per heavy atom. The van der Waals surface area contributed by atoms with E-state index in [1.54, 1.807) is 0 Å². The van der Waals surface area contributed by atoms with Crippen LogP contribution in [-0.4, -0.2) is 24.3 Å². The van der Waals surface area contributed by atoms with E-state index < -0.39 is 0 Å². The first kappa shape index (κ1) is 12.2. The van der Waals surface area contributed by atoms with Crippen molar-refractivity contribution >= 4 is 0 Å². The Labute approximate surface area is 110 Å². The van der Waals surface area contributed by atoms with Crippen LogP contribution >= 0.6 is 0 Å². The van der Waals surface area contributed by atoms with Crippen LogP contribution in [0.1, 0.15) is 44.6 Å². The molecule has 0 bridgehead atoms. The molecule has 3 atom stereocenters. The molecule has 1 heterocycles. The number of nitrogens with one attached hydrogen (secondary N) is 1. The van der Waals surface area contributed by atoms with Gasteiger partial charge in [0.2, 0.25) is 0 Å². The van der Waals surface area contributed by atoms with Gasteiger partial charge in [-0.2, -0.15) is 0 Å². The first-order valence-corrected chi connectivity index (χ1v) is 7.10. The van der Waals surface area contributed by atoms with Gasteiger partial charge in [0, 0.05) is 12.6 Å². The largest absolute Gasteiger partial charge is 0.369 e. The molecular weight excluding hydrogens is 222 g/mol. The summed E-state index contributed by atoms with van der Waals surface area (Å²) in [6.07, 6.45) is 4.06. The van der Waals surface area contributed by atoms with Crippen molar-refractivity contribution in [3.63, 3.8) is 0 Å². The first-order chi connectivity index (χ1) is 8.64. The molecule has 1 saturated heterocycles. The van der Waals surface area contributed by atoms with Crippen molar-refractivity contribution in [2.45, 2.75) is 56.8 Å². The van der Waals surface area contributed by atoms with E-state index in [1.165, 1.54) is 24.8 Å². The van der Waals surface area contributed by atoms with Crippen molar-refractivity contribution in [2.75, 3.05) is 6.54 Å². The van der Waals surface area contributed by atoms with E-state index in [-0.39, 0.29) is 5.60 Å². The van der Waals surface area contributed by atoms with E-state index in [0.29, 0.717) is 18.1 Å². The maximum Gasteiger partial charge on any atom is 0.0755 e. The Bertz CT molecular complexity index is 401. The molecule has 1 aliphatic carbocycles. The molecule has 98 valence electrons. The summed E-state index contributed by atoms with van der Waals surface area (Å²) in [5.74, 6) is 0.699. The molecule has 0 amide bonds. The molecule has 1 saturated carbocycles. The van der Waals surface area contributed by atoms with Gasteiger partial charge in [0.05, 0.1) is 11.7 Å². The average molecular weight is 245 g/mol. The number of fused-ring (bicyclic) bond motifs is 1. The fraction of sp³-hybridized carbons (Fsp3) is 0.625. The second kappa shape index (κ2) is 4.67. The molecular formula is C16H23NO. The molecule has 1 aromatic rings. The van der Waals surface area contributed by atoms with E-state index >= 15 is 0 Å². The van der Waals surface area contributed by atoms with Crippen LogP contribution in [0.3, 0.4) is 0 Å². The molecule has 0 aromatic heterocycles. The number of ether oxygens (including phenoxy) is 1. The molecule has 1 aliphatic heterocycles. The van der Waals surface area contributed by atoms with Gasteiger partial charge in [-0.15, -0.1) is 0 Å². The summed E-state index contributed by atoms with van der Waals surface area (Å²) >= 11 is 0. The number of rotatable bonds is 1.